The Balaban J connectivity index is 4.55. The van der Waals surface area contributed by atoms with E-state index in [9.17, 15) is 4.79 Å². The maximum Gasteiger partial charge on any atom is 0.333 e. The third-order valence-electron chi connectivity index (χ3n) is 4.42. The molecular formula is C17H38O4Si3. The van der Waals surface area contributed by atoms with Crippen LogP contribution in [0.15, 0.2) is 12.2 Å². The highest BCUT2D eigenvalue weighted by Crippen LogP contribution is 2.29. The van der Waals surface area contributed by atoms with Crippen LogP contribution in [0.4, 0.5) is 0 Å². The molecule has 24 heavy (non-hydrogen) atoms. The van der Waals surface area contributed by atoms with Gasteiger partial charge in [-0.2, -0.15) is 0 Å². The van der Waals surface area contributed by atoms with E-state index >= 15 is 0 Å². The monoisotopic (exact) mass is 390 g/mol. The molecule has 0 atom stereocenters. The highest BCUT2D eigenvalue weighted by atomic mass is 28.5. The van der Waals surface area contributed by atoms with Crippen LogP contribution in [0.25, 0.3) is 0 Å². The van der Waals surface area contributed by atoms with Gasteiger partial charge in [0.15, 0.2) is 16.6 Å². The van der Waals surface area contributed by atoms with Crippen molar-refractivity contribution in [2.75, 3.05) is 6.61 Å². The summed E-state index contributed by atoms with van der Waals surface area (Å²) in [6.45, 7) is 21.3. The van der Waals surface area contributed by atoms with E-state index in [-0.39, 0.29) is 5.97 Å². The first-order valence-corrected chi connectivity index (χ1v) is 17.6. The molecule has 0 saturated carbocycles. The number of hydrogen-bond donors (Lipinski definition) is 0. The molecule has 0 aliphatic carbocycles. The number of esters is 1. The van der Waals surface area contributed by atoms with Crippen LogP contribution in [-0.4, -0.2) is 37.8 Å². The third-order valence-corrected chi connectivity index (χ3v) is 17.7. The van der Waals surface area contributed by atoms with Gasteiger partial charge in [0.05, 0.1) is 6.61 Å². The molecule has 0 N–H and O–H groups in total. The lowest BCUT2D eigenvalue weighted by atomic mass is 10.4. The van der Waals surface area contributed by atoms with Gasteiger partial charge >= 0.3 is 14.5 Å². The second-order valence-electron chi connectivity index (χ2n) is 7.63. The van der Waals surface area contributed by atoms with E-state index in [0.29, 0.717) is 12.2 Å². The molecule has 0 heterocycles. The smallest absolute Gasteiger partial charge is 0.333 e. The fourth-order valence-corrected chi connectivity index (χ4v) is 17.7. The number of rotatable bonds is 12. The summed E-state index contributed by atoms with van der Waals surface area (Å²) in [5, 5.41) is 0. The van der Waals surface area contributed by atoms with E-state index < -0.39 is 25.2 Å². The number of carbonyl (C=O) groups excluding carboxylic acids is 1. The Kier molecular flexibility index (Phi) is 9.97. The predicted molar refractivity (Wildman–Crippen MR) is 110 cm³/mol. The molecule has 0 amide bonds. The van der Waals surface area contributed by atoms with Gasteiger partial charge in [-0.15, -0.1) is 0 Å². The molecule has 0 aromatic heterocycles. The largest absolute Gasteiger partial charge is 0.462 e. The summed E-state index contributed by atoms with van der Waals surface area (Å²) in [6, 6.07) is 4.42. The molecule has 0 bridgehead atoms. The van der Waals surface area contributed by atoms with Crippen molar-refractivity contribution in [2.45, 2.75) is 84.5 Å². The predicted octanol–water partition coefficient (Wildman–Crippen LogP) is 5.44. The van der Waals surface area contributed by atoms with Gasteiger partial charge in [-0.05, 0) is 63.7 Å². The van der Waals surface area contributed by atoms with E-state index in [2.05, 4.69) is 53.5 Å². The Hall–Kier alpha value is -0.219. The SMILES string of the molecule is C=C(C)C(=O)OCCC[Si](C)(C)O[Si](C)(C)O[Si](CC)(CC)CC. The van der Waals surface area contributed by atoms with Crippen molar-refractivity contribution in [3.63, 3.8) is 0 Å². The summed E-state index contributed by atoms with van der Waals surface area (Å²) in [5.74, 6) is -0.307. The number of hydrogen-bond acceptors (Lipinski definition) is 4. The van der Waals surface area contributed by atoms with Crippen molar-refractivity contribution in [2.24, 2.45) is 0 Å². The van der Waals surface area contributed by atoms with Gasteiger partial charge in [-0.25, -0.2) is 4.79 Å². The lowest BCUT2D eigenvalue weighted by Gasteiger charge is -2.40. The van der Waals surface area contributed by atoms with Gasteiger partial charge in [-0.3, -0.25) is 0 Å². The van der Waals surface area contributed by atoms with Crippen LogP contribution in [0.3, 0.4) is 0 Å². The van der Waals surface area contributed by atoms with Gasteiger partial charge in [0.25, 0.3) is 0 Å². The number of carbonyl (C=O) groups is 1. The Bertz CT molecular complexity index is 410. The van der Waals surface area contributed by atoms with Crippen LogP contribution < -0.4 is 0 Å². The van der Waals surface area contributed by atoms with Crippen molar-refractivity contribution in [3.05, 3.63) is 12.2 Å². The normalized spacial score (nSPS) is 13.0. The van der Waals surface area contributed by atoms with E-state index in [1.54, 1.807) is 6.92 Å². The second kappa shape index (κ2) is 10.1. The van der Waals surface area contributed by atoms with Gasteiger partial charge in [0.2, 0.25) is 0 Å². The second-order valence-corrected chi connectivity index (χ2v) is 20.6. The highest BCUT2D eigenvalue weighted by Gasteiger charge is 2.41. The molecule has 0 rings (SSSR count). The minimum Gasteiger partial charge on any atom is -0.462 e. The Morgan fingerprint density at radius 3 is 1.88 bits per heavy atom. The Labute approximate surface area is 152 Å². The molecule has 7 heteroatoms. The lowest BCUT2D eigenvalue weighted by molar-refractivity contribution is -0.138. The van der Waals surface area contributed by atoms with E-state index in [1.807, 2.05) is 0 Å². The van der Waals surface area contributed by atoms with Crippen molar-refractivity contribution < 1.29 is 17.8 Å². The molecule has 0 aliphatic rings. The average molecular weight is 391 g/mol. The van der Waals surface area contributed by atoms with Gasteiger partial charge in [-0.1, -0.05) is 27.4 Å². The quantitative estimate of drug-likeness (QED) is 0.193. The molecule has 0 unspecified atom stereocenters. The topological polar surface area (TPSA) is 44.8 Å². The Morgan fingerprint density at radius 1 is 0.958 bits per heavy atom. The Morgan fingerprint density at radius 2 is 1.46 bits per heavy atom. The van der Waals surface area contributed by atoms with Gasteiger partial charge in [0, 0.05) is 5.57 Å². The van der Waals surface area contributed by atoms with Crippen LogP contribution in [0, 0.1) is 0 Å². The minimum absolute atomic E-state index is 0.307. The zero-order valence-corrected chi connectivity index (χ0v) is 20.1. The summed E-state index contributed by atoms with van der Waals surface area (Å²) < 4.78 is 18.4. The highest BCUT2D eigenvalue weighted by molar-refractivity contribution is 6.88. The molecule has 142 valence electrons. The summed E-state index contributed by atoms with van der Waals surface area (Å²) >= 11 is 0. The average Bonchev–Trinajstić information content (AvgIpc) is 2.47. The van der Waals surface area contributed by atoms with E-state index in [0.717, 1.165) is 30.6 Å². The molecule has 0 radical (unpaired) electrons. The zero-order valence-electron chi connectivity index (χ0n) is 17.1. The standard InChI is InChI=1S/C17H38O4Si3/c1-10-24(11-2,12-3)21-23(8,9)20-22(6,7)15-13-14-19-17(18)16(4)5/h4,10-15H2,1-3,5-9H3. The number of ether oxygens (including phenoxy) is 1. The van der Waals surface area contributed by atoms with Crippen LogP contribution in [0.2, 0.25) is 50.4 Å². The molecule has 0 spiro atoms. The molecule has 0 aromatic rings. The first-order valence-electron chi connectivity index (χ1n) is 9.15. The van der Waals surface area contributed by atoms with E-state index in [4.69, 9.17) is 13.0 Å². The van der Waals surface area contributed by atoms with Crippen LogP contribution in [0.5, 0.6) is 0 Å². The fraction of sp³-hybridized carbons (Fsp3) is 0.824. The molecular weight excluding hydrogens is 352 g/mol. The molecule has 0 aliphatic heterocycles. The van der Waals surface area contributed by atoms with Gasteiger partial charge < -0.3 is 13.0 Å². The van der Waals surface area contributed by atoms with Crippen LogP contribution in [0.1, 0.15) is 34.1 Å². The molecule has 0 aromatic carbocycles. The summed E-state index contributed by atoms with van der Waals surface area (Å²) in [5.41, 5.74) is 0.449. The van der Waals surface area contributed by atoms with Crippen LogP contribution >= 0.6 is 0 Å². The maximum absolute atomic E-state index is 11.4. The lowest BCUT2D eigenvalue weighted by Crippen LogP contribution is -2.53. The van der Waals surface area contributed by atoms with Gasteiger partial charge in [0.1, 0.15) is 0 Å². The maximum atomic E-state index is 11.4. The fourth-order valence-electron chi connectivity index (χ4n) is 3.01. The third kappa shape index (κ3) is 8.75. The minimum atomic E-state index is -2.14. The van der Waals surface area contributed by atoms with Crippen molar-refractivity contribution in [1.82, 2.24) is 0 Å². The van der Waals surface area contributed by atoms with Crippen LogP contribution in [-0.2, 0) is 17.8 Å². The molecule has 0 fully saturated rings. The summed E-state index contributed by atoms with van der Waals surface area (Å²) in [4.78, 5) is 11.4. The van der Waals surface area contributed by atoms with Crippen molar-refractivity contribution in [3.8, 4) is 0 Å². The molecule has 4 nitrogen and oxygen atoms in total. The molecule has 0 saturated heterocycles. The zero-order chi connectivity index (χ0) is 19.0. The summed E-state index contributed by atoms with van der Waals surface area (Å²) in [7, 11) is -5.60. The first-order chi connectivity index (χ1) is 10.9. The van der Waals surface area contributed by atoms with Crippen molar-refractivity contribution >= 4 is 31.2 Å². The van der Waals surface area contributed by atoms with E-state index in [1.165, 1.54) is 0 Å². The summed E-state index contributed by atoms with van der Waals surface area (Å²) in [6.07, 6.45) is 0.834. The first kappa shape index (κ1) is 23.8. The van der Waals surface area contributed by atoms with Crippen molar-refractivity contribution in [1.29, 1.82) is 0 Å².